The number of rotatable bonds is 7. The van der Waals surface area contributed by atoms with E-state index < -0.39 is 10.0 Å². The summed E-state index contributed by atoms with van der Waals surface area (Å²) in [4.78, 5) is 20.4. The predicted molar refractivity (Wildman–Crippen MR) is 137 cm³/mol. The van der Waals surface area contributed by atoms with E-state index in [9.17, 15) is 17.6 Å². The first-order chi connectivity index (χ1) is 16.6. The van der Waals surface area contributed by atoms with Gasteiger partial charge in [0.05, 0.1) is 16.6 Å². The zero-order valence-corrected chi connectivity index (χ0v) is 21.6. The first kappa shape index (κ1) is 25.4. The Labute approximate surface area is 209 Å². The van der Waals surface area contributed by atoms with Gasteiger partial charge in [-0.25, -0.2) is 12.8 Å². The molecule has 0 bridgehead atoms. The van der Waals surface area contributed by atoms with E-state index in [4.69, 9.17) is 0 Å². The van der Waals surface area contributed by atoms with Crippen LogP contribution in [0, 0.1) is 12.7 Å². The Kier molecular flexibility index (Phi) is 7.65. The van der Waals surface area contributed by atoms with E-state index in [1.807, 2.05) is 26.0 Å². The van der Waals surface area contributed by atoms with Crippen LogP contribution in [-0.4, -0.2) is 73.5 Å². The molecule has 1 unspecified atom stereocenters. The molecule has 7 nitrogen and oxygen atoms in total. The van der Waals surface area contributed by atoms with E-state index in [1.165, 1.54) is 28.0 Å². The Morgan fingerprint density at radius 2 is 1.86 bits per heavy atom. The Hall–Kier alpha value is -2.66. The molecule has 1 aromatic heterocycles. The number of nitrogens with one attached hydrogen (secondary N) is 1. The lowest BCUT2D eigenvalue weighted by Crippen LogP contribution is -2.51. The predicted octanol–water partition coefficient (Wildman–Crippen LogP) is 3.62. The van der Waals surface area contributed by atoms with Crippen molar-refractivity contribution in [3.05, 3.63) is 65.0 Å². The fraction of sp³-hybridized carbons (Fsp3) is 0.360. The van der Waals surface area contributed by atoms with Gasteiger partial charge in [-0.3, -0.25) is 14.7 Å². The second kappa shape index (κ2) is 10.5. The first-order valence-corrected chi connectivity index (χ1v) is 14.1. The minimum atomic E-state index is -3.18. The lowest BCUT2D eigenvalue weighted by molar-refractivity contribution is 0.0922. The summed E-state index contributed by atoms with van der Waals surface area (Å²) in [5, 5.41) is 3.04. The van der Waals surface area contributed by atoms with Crippen LogP contribution in [0.5, 0.6) is 0 Å². The number of aryl methyl sites for hydroxylation is 1. The summed E-state index contributed by atoms with van der Waals surface area (Å²) in [7, 11) is -3.18. The molecule has 1 amide bonds. The van der Waals surface area contributed by atoms with Gasteiger partial charge in [0.15, 0.2) is 0 Å². The van der Waals surface area contributed by atoms with E-state index in [0.717, 1.165) is 16.0 Å². The molecule has 1 N–H and O–H groups in total. The molecule has 1 aliphatic rings. The molecule has 3 aromatic rings. The highest BCUT2D eigenvalue weighted by Crippen LogP contribution is 2.32. The van der Waals surface area contributed by atoms with Crippen molar-refractivity contribution in [2.45, 2.75) is 19.9 Å². The Bertz CT molecular complexity index is 1300. The van der Waals surface area contributed by atoms with Crippen LogP contribution >= 0.6 is 11.3 Å². The maximum atomic E-state index is 14.8. The van der Waals surface area contributed by atoms with Crippen LogP contribution in [-0.2, 0) is 10.0 Å². The van der Waals surface area contributed by atoms with E-state index >= 15 is 0 Å². The number of piperazine rings is 1. The molecule has 0 aliphatic carbocycles. The molecule has 2 aromatic carbocycles. The fourth-order valence-corrected chi connectivity index (χ4v) is 5.69. The van der Waals surface area contributed by atoms with Crippen molar-refractivity contribution in [1.29, 1.82) is 0 Å². The minimum absolute atomic E-state index is 0.154. The van der Waals surface area contributed by atoms with Crippen LogP contribution < -0.4 is 5.32 Å². The monoisotopic (exact) mass is 516 g/mol. The smallest absolute Gasteiger partial charge is 0.251 e. The van der Waals surface area contributed by atoms with Crippen molar-refractivity contribution in [2.75, 3.05) is 39.0 Å². The van der Waals surface area contributed by atoms with E-state index in [2.05, 4.69) is 15.2 Å². The quantitative estimate of drug-likeness (QED) is 0.519. The lowest BCUT2D eigenvalue weighted by atomic mass is 9.97. The second-order valence-electron chi connectivity index (χ2n) is 8.99. The number of nitrogens with zero attached hydrogens (tertiary/aromatic N) is 3. The largest absolute Gasteiger partial charge is 0.348 e. The number of benzene rings is 2. The van der Waals surface area contributed by atoms with Crippen molar-refractivity contribution in [3.63, 3.8) is 0 Å². The van der Waals surface area contributed by atoms with Crippen LogP contribution in [0.3, 0.4) is 0 Å². The highest BCUT2D eigenvalue weighted by molar-refractivity contribution is 7.88. The molecule has 1 aliphatic heterocycles. The molecular formula is C25H29FN4O3S2. The highest BCUT2D eigenvalue weighted by Gasteiger charge is 2.24. The number of hydrogen-bond donors (Lipinski definition) is 1. The molecule has 0 radical (unpaired) electrons. The first-order valence-electron chi connectivity index (χ1n) is 11.4. The van der Waals surface area contributed by atoms with Gasteiger partial charge in [-0.05, 0) is 54.8 Å². The summed E-state index contributed by atoms with van der Waals surface area (Å²) in [6.07, 6.45) is 2.96. The summed E-state index contributed by atoms with van der Waals surface area (Å²) in [5.74, 6) is -0.577. The summed E-state index contributed by atoms with van der Waals surface area (Å²) in [5.41, 5.74) is 4.86. The second-order valence-corrected chi connectivity index (χ2v) is 11.9. The highest BCUT2D eigenvalue weighted by atomic mass is 32.2. The molecule has 10 heteroatoms. The van der Waals surface area contributed by atoms with Crippen LogP contribution in [0.1, 0.15) is 22.8 Å². The zero-order chi connectivity index (χ0) is 25.2. The van der Waals surface area contributed by atoms with Crippen LogP contribution in [0.2, 0.25) is 0 Å². The molecule has 1 saturated heterocycles. The lowest BCUT2D eigenvalue weighted by Gasteiger charge is -2.34. The molecule has 4 rings (SSSR count). The van der Waals surface area contributed by atoms with Crippen molar-refractivity contribution in [2.24, 2.45) is 0 Å². The van der Waals surface area contributed by atoms with Gasteiger partial charge in [0.2, 0.25) is 10.0 Å². The van der Waals surface area contributed by atoms with Crippen molar-refractivity contribution in [1.82, 2.24) is 19.5 Å². The summed E-state index contributed by atoms with van der Waals surface area (Å²) >= 11 is 1.46. The maximum Gasteiger partial charge on any atom is 0.251 e. The van der Waals surface area contributed by atoms with E-state index in [-0.39, 0.29) is 17.8 Å². The van der Waals surface area contributed by atoms with Crippen molar-refractivity contribution < 1.29 is 17.6 Å². The van der Waals surface area contributed by atoms with Crippen LogP contribution in [0.4, 0.5) is 4.39 Å². The molecule has 186 valence electrons. The number of thiazole rings is 1. The average Bonchev–Trinajstić information content (AvgIpc) is 3.33. The summed E-state index contributed by atoms with van der Waals surface area (Å²) in [6.45, 7) is 6.49. The Morgan fingerprint density at radius 3 is 2.49 bits per heavy atom. The number of carbonyl (C=O) groups is 1. The zero-order valence-electron chi connectivity index (χ0n) is 20.0. The maximum absolute atomic E-state index is 14.8. The third kappa shape index (κ3) is 6.32. The minimum Gasteiger partial charge on any atom is -0.348 e. The number of halogens is 1. The van der Waals surface area contributed by atoms with Crippen LogP contribution in [0.15, 0.2) is 48.1 Å². The third-order valence-electron chi connectivity index (χ3n) is 6.06. The van der Waals surface area contributed by atoms with Gasteiger partial charge >= 0.3 is 0 Å². The average molecular weight is 517 g/mol. The molecule has 1 atom stereocenters. The standard InChI is InChI=1S/C25H29FN4O3S2/c1-17-4-5-22(23(26)10-17)19-11-20(24-14-27-16-34-24)13-21(12-19)25(31)28-18(2)15-29-6-8-30(9-7-29)35(3,32)33/h4-5,10-14,16,18H,6-9,15H2,1-3H3,(H,28,31). The molecule has 1 fully saturated rings. The Morgan fingerprint density at radius 1 is 1.14 bits per heavy atom. The number of aromatic nitrogens is 1. The number of sulfonamides is 1. The molecule has 35 heavy (non-hydrogen) atoms. The molecule has 2 heterocycles. The molecular weight excluding hydrogens is 487 g/mol. The molecule has 0 saturated carbocycles. The van der Waals surface area contributed by atoms with Gasteiger partial charge < -0.3 is 5.32 Å². The van der Waals surface area contributed by atoms with Crippen LogP contribution in [0.25, 0.3) is 21.6 Å². The van der Waals surface area contributed by atoms with E-state index in [0.29, 0.717) is 49.4 Å². The number of hydrogen-bond acceptors (Lipinski definition) is 6. The molecule has 0 spiro atoms. The van der Waals surface area contributed by atoms with Gasteiger partial charge in [-0.15, -0.1) is 11.3 Å². The van der Waals surface area contributed by atoms with E-state index in [1.54, 1.807) is 29.9 Å². The third-order valence-corrected chi connectivity index (χ3v) is 8.18. The number of carbonyl (C=O) groups excluding carboxylic acids is 1. The van der Waals surface area contributed by atoms with Gasteiger partial charge in [0, 0.05) is 56.1 Å². The van der Waals surface area contributed by atoms with Crippen molar-refractivity contribution in [3.8, 4) is 21.6 Å². The summed E-state index contributed by atoms with van der Waals surface area (Å²) in [6, 6.07) is 10.3. The SMILES string of the molecule is Cc1ccc(-c2cc(C(=O)NC(C)CN3CCN(S(C)(=O)=O)CC3)cc(-c3cncs3)c2)c(F)c1. The van der Waals surface area contributed by atoms with Gasteiger partial charge in [0.25, 0.3) is 5.91 Å². The van der Waals surface area contributed by atoms with Gasteiger partial charge in [0.1, 0.15) is 5.82 Å². The fourth-order valence-electron chi connectivity index (χ4n) is 4.25. The number of amides is 1. The van der Waals surface area contributed by atoms with Gasteiger partial charge in [-0.2, -0.15) is 4.31 Å². The van der Waals surface area contributed by atoms with Gasteiger partial charge in [-0.1, -0.05) is 12.1 Å². The summed E-state index contributed by atoms with van der Waals surface area (Å²) < 4.78 is 39.7. The van der Waals surface area contributed by atoms with Crippen molar-refractivity contribution >= 4 is 27.3 Å². The normalized spacial score (nSPS) is 16.2. The Balaban J connectivity index is 1.51. The topological polar surface area (TPSA) is 82.6 Å².